The van der Waals surface area contributed by atoms with Crippen molar-refractivity contribution in [2.24, 2.45) is 0 Å². The molecule has 5 aromatic rings. The first-order valence-electron chi connectivity index (χ1n) is 12.2. The number of fused-ring (bicyclic) bond motifs is 1. The molecule has 198 valence electrons. The largest absolute Gasteiger partial charge is 0.375 e. The van der Waals surface area contributed by atoms with Crippen LogP contribution in [0.15, 0.2) is 90.0 Å². The molecule has 6 rings (SSSR count). The van der Waals surface area contributed by atoms with Crippen molar-refractivity contribution in [3.63, 3.8) is 0 Å². The number of aromatic nitrogens is 3. The van der Waals surface area contributed by atoms with Crippen LogP contribution in [0.2, 0.25) is 0 Å². The van der Waals surface area contributed by atoms with E-state index in [1.165, 1.54) is 35.6 Å². The minimum atomic E-state index is -1.03. The van der Waals surface area contributed by atoms with Gasteiger partial charge in [0, 0.05) is 22.4 Å². The summed E-state index contributed by atoms with van der Waals surface area (Å²) in [4.78, 5) is 30.2. The molecule has 2 aromatic carbocycles. The van der Waals surface area contributed by atoms with Gasteiger partial charge in [-0.05, 0) is 54.8 Å². The summed E-state index contributed by atoms with van der Waals surface area (Å²) in [5, 5.41) is 23.2. The maximum atomic E-state index is 14.7. The first-order chi connectivity index (χ1) is 19.2. The highest BCUT2D eigenvalue weighted by atomic mass is 32.1. The van der Waals surface area contributed by atoms with Crippen LogP contribution < -0.4 is 16.2 Å². The Morgan fingerprint density at radius 3 is 2.70 bits per heavy atom. The summed E-state index contributed by atoms with van der Waals surface area (Å²) in [5.41, 5.74) is 0.253. The van der Waals surface area contributed by atoms with Crippen molar-refractivity contribution in [1.82, 2.24) is 15.2 Å². The van der Waals surface area contributed by atoms with Crippen LogP contribution in [0.3, 0.4) is 0 Å². The Morgan fingerprint density at radius 2 is 1.95 bits per heavy atom. The normalized spacial score (nSPS) is 16.2. The molecule has 11 heteroatoms. The van der Waals surface area contributed by atoms with Crippen LogP contribution in [0.1, 0.15) is 16.6 Å². The van der Waals surface area contributed by atoms with Gasteiger partial charge in [0.05, 0.1) is 16.3 Å². The maximum Gasteiger partial charge on any atom is 0.287 e. The van der Waals surface area contributed by atoms with E-state index in [1.54, 1.807) is 54.4 Å². The lowest BCUT2D eigenvalue weighted by Crippen LogP contribution is -2.21. The molecular weight excluding hydrogens is 531 g/mol. The van der Waals surface area contributed by atoms with Crippen LogP contribution >= 0.6 is 11.3 Å². The fourth-order valence-corrected chi connectivity index (χ4v) is 5.17. The summed E-state index contributed by atoms with van der Waals surface area (Å²) in [6, 6.07) is 18.6. The van der Waals surface area contributed by atoms with Crippen LogP contribution in [0, 0.1) is 5.82 Å². The highest BCUT2D eigenvalue weighted by Gasteiger charge is 2.27. The lowest BCUT2D eigenvalue weighted by atomic mass is 10.1. The van der Waals surface area contributed by atoms with Gasteiger partial charge in [-0.25, -0.2) is 14.5 Å². The van der Waals surface area contributed by atoms with E-state index in [9.17, 15) is 19.1 Å². The summed E-state index contributed by atoms with van der Waals surface area (Å²) in [5.74, 6) is -0.609. The molecule has 0 fully saturated rings. The second-order valence-electron chi connectivity index (χ2n) is 9.40. The number of carbonyl (C=O) groups is 1. The first kappa shape index (κ1) is 25.3. The number of nitrogens with one attached hydrogen (secondary N) is 3. The Bertz CT molecular complexity index is 1860. The molecule has 0 bridgehead atoms. The molecule has 40 heavy (non-hydrogen) atoms. The molecule has 1 atom stereocenters. The Morgan fingerprint density at radius 1 is 1.10 bits per heavy atom. The number of nitrogens with zero attached hydrogens (tertiary/aromatic N) is 3. The summed E-state index contributed by atoms with van der Waals surface area (Å²) in [6.45, 7) is 1.67. The van der Waals surface area contributed by atoms with E-state index < -0.39 is 22.9 Å². The number of benzene rings is 2. The number of carbonyl (C=O) groups excluding carboxylic acids is 1. The Kier molecular flexibility index (Phi) is 6.29. The van der Waals surface area contributed by atoms with E-state index in [1.807, 2.05) is 24.3 Å². The van der Waals surface area contributed by atoms with Gasteiger partial charge >= 0.3 is 0 Å². The van der Waals surface area contributed by atoms with Crippen LogP contribution in [0.25, 0.3) is 21.3 Å². The summed E-state index contributed by atoms with van der Waals surface area (Å²) >= 11 is 1.32. The molecule has 4 heterocycles. The lowest BCUT2D eigenvalue weighted by molar-refractivity contribution is -0.353. The van der Waals surface area contributed by atoms with Crippen LogP contribution in [0.4, 0.5) is 27.3 Å². The summed E-state index contributed by atoms with van der Waals surface area (Å²) < 4.78 is 17.4. The zero-order valence-corrected chi connectivity index (χ0v) is 21.9. The predicted molar refractivity (Wildman–Crippen MR) is 153 cm³/mol. The van der Waals surface area contributed by atoms with E-state index in [0.717, 1.165) is 15.8 Å². The highest BCUT2D eigenvalue weighted by molar-refractivity contribution is 7.20. The smallest absolute Gasteiger partial charge is 0.287 e. The Labute approximate surface area is 231 Å². The number of aliphatic hydroxyl groups is 1. The Hall–Kier alpha value is -5.00. The minimum absolute atomic E-state index is 0.00790. The van der Waals surface area contributed by atoms with Gasteiger partial charge in [0.15, 0.2) is 18.0 Å². The third-order valence-corrected chi connectivity index (χ3v) is 7.36. The fraction of sp³-hybridized carbons (Fsp3) is 0.0690. The zero-order chi connectivity index (χ0) is 27.9. The molecule has 1 unspecified atom stereocenters. The molecule has 0 spiro atoms. The van der Waals surface area contributed by atoms with Crippen molar-refractivity contribution >= 4 is 56.4 Å². The van der Waals surface area contributed by atoms with Gasteiger partial charge in [0.1, 0.15) is 23.5 Å². The molecule has 0 saturated carbocycles. The number of anilines is 3. The number of rotatable bonds is 6. The quantitative estimate of drug-likeness (QED) is 0.215. The van der Waals surface area contributed by atoms with Gasteiger partial charge < -0.3 is 15.7 Å². The SMILES string of the molecule is CC1(O)C=C[N+](c2ccc(Nc3cc(-c4ccc(F)c(NC(=O)c5cc6ccccc6s5)c4)n[nH]c3=O)nc2)=C1. The predicted octanol–water partition coefficient (Wildman–Crippen LogP) is 5.17. The topological polar surface area (TPSA) is 123 Å². The third-order valence-electron chi connectivity index (χ3n) is 6.24. The number of thiophene rings is 1. The molecule has 0 radical (unpaired) electrons. The highest BCUT2D eigenvalue weighted by Crippen LogP contribution is 2.29. The molecule has 1 aliphatic rings. The molecule has 1 amide bonds. The summed E-state index contributed by atoms with van der Waals surface area (Å²) in [7, 11) is 0. The van der Waals surface area contributed by atoms with Gasteiger partial charge in [0.25, 0.3) is 11.5 Å². The average molecular weight is 554 g/mol. The number of hydrogen-bond donors (Lipinski definition) is 4. The van der Waals surface area contributed by atoms with E-state index in [0.29, 0.717) is 22.0 Å². The standard InChI is InChI=1S/C29H21FN6O3S/c1-29(39)10-11-36(16-29)19-7-9-26(31-15-19)32-23-14-21(34-35-27(23)37)17-6-8-20(30)22(12-17)33-28(38)25-13-18-4-2-3-5-24(18)40-25/h2-16,39H,1H3,(H2-,31,32,33,34,35,37,38)/p+1. The Balaban J connectivity index is 1.22. The van der Waals surface area contributed by atoms with Gasteiger partial charge in [-0.1, -0.05) is 18.2 Å². The van der Waals surface area contributed by atoms with Gasteiger partial charge in [0.2, 0.25) is 5.69 Å². The lowest BCUT2D eigenvalue weighted by Gasteiger charge is -2.09. The van der Waals surface area contributed by atoms with Crippen LogP contribution in [0.5, 0.6) is 0 Å². The van der Waals surface area contributed by atoms with Crippen molar-refractivity contribution in [3.8, 4) is 11.3 Å². The van der Waals surface area contributed by atoms with E-state index in [-0.39, 0.29) is 11.4 Å². The molecule has 1 aliphatic heterocycles. The summed E-state index contributed by atoms with van der Waals surface area (Å²) in [6.07, 6.45) is 6.66. The second kappa shape index (κ2) is 9.95. The molecular formula is C29H22FN6O3S+. The molecule has 9 nitrogen and oxygen atoms in total. The van der Waals surface area contributed by atoms with Crippen LogP contribution in [-0.2, 0) is 0 Å². The van der Waals surface area contributed by atoms with Crippen LogP contribution in [-0.4, -0.2) is 42.6 Å². The number of hydrogen-bond acceptors (Lipinski definition) is 7. The number of amides is 1. The van der Waals surface area contributed by atoms with E-state index >= 15 is 0 Å². The average Bonchev–Trinajstić information content (AvgIpc) is 3.55. The third kappa shape index (κ3) is 5.15. The van der Waals surface area contributed by atoms with Crippen molar-refractivity contribution in [3.05, 3.63) is 106 Å². The maximum absolute atomic E-state index is 14.7. The van der Waals surface area contributed by atoms with Gasteiger partial charge in [-0.3, -0.25) is 9.59 Å². The number of H-pyrrole nitrogens is 1. The molecule has 0 aliphatic carbocycles. The zero-order valence-electron chi connectivity index (χ0n) is 21.1. The van der Waals surface area contributed by atoms with Gasteiger partial charge in [-0.15, -0.1) is 11.3 Å². The fourth-order valence-electron chi connectivity index (χ4n) is 4.21. The van der Waals surface area contributed by atoms with E-state index in [2.05, 4.69) is 25.8 Å². The minimum Gasteiger partial charge on any atom is -0.375 e. The van der Waals surface area contributed by atoms with Crippen molar-refractivity contribution < 1.29 is 18.9 Å². The molecule has 3 aromatic heterocycles. The monoisotopic (exact) mass is 553 g/mol. The van der Waals surface area contributed by atoms with Crippen molar-refractivity contribution in [1.29, 1.82) is 0 Å². The number of aromatic amines is 1. The molecule has 0 saturated heterocycles. The van der Waals surface area contributed by atoms with Gasteiger partial charge in [-0.2, -0.15) is 9.67 Å². The second-order valence-corrected chi connectivity index (χ2v) is 10.5. The van der Waals surface area contributed by atoms with E-state index in [4.69, 9.17) is 0 Å². The number of pyridine rings is 1. The first-order valence-corrected chi connectivity index (χ1v) is 13.0. The van der Waals surface area contributed by atoms with Crippen molar-refractivity contribution in [2.75, 3.05) is 10.6 Å². The number of halogens is 1. The molecule has 4 N–H and O–H groups in total. The van der Waals surface area contributed by atoms with Crippen molar-refractivity contribution in [2.45, 2.75) is 12.5 Å².